The van der Waals surface area contributed by atoms with E-state index in [1.165, 1.54) is 11.1 Å². The fourth-order valence-corrected chi connectivity index (χ4v) is 2.43. The van der Waals surface area contributed by atoms with Crippen LogP contribution in [0.4, 0.5) is 0 Å². The van der Waals surface area contributed by atoms with E-state index >= 15 is 0 Å². The van der Waals surface area contributed by atoms with Crippen molar-refractivity contribution >= 4 is 0 Å². The molecule has 66 valence electrons. The van der Waals surface area contributed by atoms with Gasteiger partial charge in [-0.3, -0.25) is 0 Å². The molecule has 0 saturated carbocycles. The summed E-state index contributed by atoms with van der Waals surface area (Å²) in [4.78, 5) is 0. The van der Waals surface area contributed by atoms with Gasteiger partial charge in [-0.1, -0.05) is 38.1 Å². The van der Waals surface area contributed by atoms with Crippen LogP contribution in [0, 0.1) is 11.3 Å². The number of hydrogen-bond donors (Lipinski definition) is 0. The van der Waals surface area contributed by atoms with Crippen molar-refractivity contribution in [1.29, 1.82) is 5.26 Å². The lowest BCUT2D eigenvalue weighted by Crippen LogP contribution is -2.40. The lowest BCUT2D eigenvalue weighted by molar-refractivity contribution is 0.381. The van der Waals surface area contributed by atoms with Crippen LogP contribution in [-0.2, 0) is 5.41 Å². The standard InChI is InChI=1S/C12H13N/c1-3-12(8-13)9(2)10-6-4-5-7-11(10)12/h4-7,9H,3H2,1-2H3. The minimum atomic E-state index is -0.198. The van der Waals surface area contributed by atoms with E-state index in [4.69, 9.17) is 0 Å². The van der Waals surface area contributed by atoms with Gasteiger partial charge >= 0.3 is 0 Å². The maximum Gasteiger partial charge on any atom is 0.0888 e. The molecule has 0 spiro atoms. The first kappa shape index (κ1) is 8.31. The predicted molar refractivity (Wildman–Crippen MR) is 52.4 cm³/mol. The van der Waals surface area contributed by atoms with Crippen molar-refractivity contribution in [2.24, 2.45) is 0 Å². The van der Waals surface area contributed by atoms with Crippen molar-refractivity contribution in [1.82, 2.24) is 0 Å². The Balaban J connectivity index is 2.56. The molecule has 0 aromatic heterocycles. The summed E-state index contributed by atoms with van der Waals surface area (Å²) in [7, 11) is 0. The molecule has 1 aliphatic carbocycles. The molecule has 0 radical (unpaired) electrons. The van der Waals surface area contributed by atoms with Crippen molar-refractivity contribution < 1.29 is 0 Å². The molecule has 13 heavy (non-hydrogen) atoms. The summed E-state index contributed by atoms with van der Waals surface area (Å²) in [5.41, 5.74) is 2.40. The van der Waals surface area contributed by atoms with Crippen LogP contribution in [0.25, 0.3) is 0 Å². The first-order valence-corrected chi connectivity index (χ1v) is 4.77. The molecule has 0 heterocycles. The first-order chi connectivity index (χ1) is 6.26. The van der Waals surface area contributed by atoms with E-state index in [-0.39, 0.29) is 5.41 Å². The van der Waals surface area contributed by atoms with Gasteiger partial charge in [0.15, 0.2) is 0 Å². The lowest BCUT2D eigenvalue weighted by atomic mass is 9.56. The number of rotatable bonds is 1. The molecule has 1 heteroatoms. The molecule has 2 rings (SSSR count). The summed E-state index contributed by atoms with van der Waals surface area (Å²) in [6.45, 7) is 4.24. The van der Waals surface area contributed by atoms with Crippen molar-refractivity contribution in [2.45, 2.75) is 31.6 Å². The molecule has 0 aliphatic heterocycles. The maximum absolute atomic E-state index is 9.20. The van der Waals surface area contributed by atoms with Gasteiger partial charge in [-0.2, -0.15) is 5.26 Å². The van der Waals surface area contributed by atoms with Crippen LogP contribution in [0.15, 0.2) is 24.3 Å². The summed E-state index contributed by atoms with van der Waals surface area (Å²) >= 11 is 0. The van der Waals surface area contributed by atoms with Crippen LogP contribution in [0.3, 0.4) is 0 Å². The van der Waals surface area contributed by atoms with E-state index in [2.05, 4.69) is 32.0 Å². The van der Waals surface area contributed by atoms with Crippen LogP contribution in [0.1, 0.15) is 37.3 Å². The van der Waals surface area contributed by atoms with Crippen LogP contribution in [0.5, 0.6) is 0 Å². The zero-order chi connectivity index (χ0) is 9.47. The van der Waals surface area contributed by atoms with E-state index < -0.39 is 0 Å². The van der Waals surface area contributed by atoms with Crippen LogP contribution >= 0.6 is 0 Å². The summed E-state index contributed by atoms with van der Waals surface area (Å²) in [6.07, 6.45) is 0.918. The van der Waals surface area contributed by atoms with Crippen molar-refractivity contribution in [3.63, 3.8) is 0 Å². The third-order valence-electron chi connectivity index (χ3n) is 3.40. The largest absolute Gasteiger partial charge is 0.197 e. The molecule has 0 saturated heterocycles. The summed E-state index contributed by atoms with van der Waals surface area (Å²) in [5.74, 6) is 0.402. The molecule has 1 aromatic carbocycles. The van der Waals surface area contributed by atoms with Gasteiger partial charge in [-0.05, 0) is 17.5 Å². The van der Waals surface area contributed by atoms with Gasteiger partial charge in [-0.25, -0.2) is 0 Å². The van der Waals surface area contributed by atoms with Crippen molar-refractivity contribution in [3.05, 3.63) is 35.4 Å². The third-order valence-corrected chi connectivity index (χ3v) is 3.40. The Bertz CT molecular complexity index is 375. The first-order valence-electron chi connectivity index (χ1n) is 4.77. The Morgan fingerprint density at radius 2 is 2.15 bits per heavy atom. The normalized spacial score (nSPS) is 30.1. The number of hydrogen-bond acceptors (Lipinski definition) is 1. The molecule has 0 amide bonds. The van der Waals surface area contributed by atoms with E-state index in [0.29, 0.717) is 5.92 Å². The second-order valence-corrected chi connectivity index (χ2v) is 3.75. The van der Waals surface area contributed by atoms with Crippen molar-refractivity contribution in [2.75, 3.05) is 0 Å². The quantitative estimate of drug-likeness (QED) is 0.637. The van der Waals surface area contributed by atoms with Crippen LogP contribution < -0.4 is 0 Å². The Labute approximate surface area is 79.0 Å². The highest BCUT2D eigenvalue weighted by Gasteiger charge is 2.47. The van der Waals surface area contributed by atoms with Gasteiger partial charge < -0.3 is 0 Å². The van der Waals surface area contributed by atoms with Crippen LogP contribution in [0.2, 0.25) is 0 Å². The lowest BCUT2D eigenvalue weighted by Gasteiger charge is -2.44. The Morgan fingerprint density at radius 3 is 2.77 bits per heavy atom. The predicted octanol–water partition coefficient (Wildman–Crippen LogP) is 2.98. The van der Waals surface area contributed by atoms with Crippen molar-refractivity contribution in [3.8, 4) is 6.07 Å². The van der Waals surface area contributed by atoms with Crippen LogP contribution in [-0.4, -0.2) is 0 Å². The van der Waals surface area contributed by atoms with Gasteiger partial charge in [0.25, 0.3) is 0 Å². The van der Waals surface area contributed by atoms with Gasteiger partial charge in [0, 0.05) is 5.92 Å². The molecule has 0 fully saturated rings. The van der Waals surface area contributed by atoms with Gasteiger partial charge in [-0.15, -0.1) is 0 Å². The fourth-order valence-electron chi connectivity index (χ4n) is 2.43. The average Bonchev–Trinajstić information content (AvgIpc) is 2.20. The Kier molecular flexibility index (Phi) is 1.66. The molecular weight excluding hydrogens is 158 g/mol. The smallest absolute Gasteiger partial charge is 0.0888 e. The summed E-state index contributed by atoms with van der Waals surface area (Å²) in [6, 6.07) is 10.8. The molecule has 2 atom stereocenters. The molecule has 0 N–H and O–H groups in total. The fraction of sp³-hybridized carbons (Fsp3) is 0.417. The SMILES string of the molecule is CCC1(C#N)c2ccccc2C1C. The highest BCUT2D eigenvalue weighted by atomic mass is 14.5. The number of benzene rings is 1. The number of nitriles is 1. The van der Waals surface area contributed by atoms with Gasteiger partial charge in [0.1, 0.15) is 0 Å². The number of nitrogens with zero attached hydrogens (tertiary/aromatic N) is 1. The Hall–Kier alpha value is -1.29. The van der Waals surface area contributed by atoms with Gasteiger partial charge in [0.2, 0.25) is 0 Å². The molecule has 1 nitrogen and oxygen atoms in total. The maximum atomic E-state index is 9.20. The zero-order valence-electron chi connectivity index (χ0n) is 8.04. The minimum absolute atomic E-state index is 0.198. The average molecular weight is 171 g/mol. The number of fused-ring (bicyclic) bond motifs is 1. The van der Waals surface area contributed by atoms with E-state index in [1.54, 1.807) is 0 Å². The molecule has 0 bridgehead atoms. The summed E-state index contributed by atoms with van der Waals surface area (Å²) in [5, 5.41) is 9.20. The van der Waals surface area contributed by atoms with E-state index in [1.807, 2.05) is 12.1 Å². The Morgan fingerprint density at radius 1 is 1.46 bits per heavy atom. The van der Waals surface area contributed by atoms with E-state index in [0.717, 1.165) is 6.42 Å². The summed E-state index contributed by atoms with van der Waals surface area (Å²) < 4.78 is 0. The second-order valence-electron chi connectivity index (χ2n) is 3.75. The molecule has 2 unspecified atom stereocenters. The highest BCUT2D eigenvalue weighted by molar-refractivity contribution is 5.53. The molecular formula is C12H13N. The van der Waals surface area contributed by atoms with Gasteiger partial charge in [0.05, 0.1) is 11.5 Å². The molecule has 1 aromatic rings. The third kappa shape index (κ3) is 0.808. The highest BCUT2D eigenvalue weighted by Crippen LogP contribution is 2.52. The van der Waals surface area contributed by atoms with E-state index in [9.17, 15) is 5.26 Å². The molecule has 1 aliphatic rings. The minimum Gasteiger partial charge on any atom is -0.197 e. The topological polar surface area (TPSA) is 23.8 Å². The monoisotopic (exact) mass is 171 g/mol. The zero-order valence-corrected chi connectivity index (χ0v) is 8.04. The second kappa shape index (κ2) is 2.60.